The van der Waals surface area contributed by atoms with E-state index in [9.17, 15) is 0 Å². The molecule has 1 atom stereocenters. The molecule has 1 aliphatic rings. The van der Waals surface area contributed by atoms with Crippen LogP contribution in [0.5, 0.6) is 5.75 Å². The van der Waals surface area contributed by atoms with Crippen molar-refractivity contribution in [1.82, 2.24) is 0 Å². The second-order valence-corrected chi connectivity index (χ2v) is 6.87. The first kappa shape index (κ1) is 11.9. The van der Waals surface area contributed by atoms with Gasteiger partial charge in [0.25, 0.3) is 0 Å². The maximum atomic E-state index is 5.64. The predicted molar refractivity (Wildman–Crippen MR) is 69.2 cm³/mol. The molecule has 1 aromatic carbocycles. The highest BCUT2D eigenvalue weighted by atomic mass is 31.2. The molecule has 0 saturated heterocycles. The topological polar surface area (TPSA) is 58.7 Å². The zero-order valence-corrected chi connectivity index (χ0v) is 11.9. The third-order valence-corrected chi connectivity index (χ3v) is 5.12. The second-order valence-electron chi connectivity index (χ2n) is 2.78. The summed E-state index contributed by atoms with van der Waals surface area (Å²) in [4.78, 5) is 0. The number of hydrogen-bond donors (Lipinski definition) is 0. The molecule has 9 heteroatoms. The lowest BCUT2D eigenvalue weighted by Gasteiger charge is -1.93. The normalized spacial score (nSPS) is 19.4. The summed E-state index contributed by atoms with van der Waals surface area (Å²) in [6, 6.07) is 7.83. The van der Waals surface area contributed by atoms with Gasteiger partial charge in [-0.3, -0.25) is 0 Å². The lowest BCUT2D eigenvalue weighted by Crippen LogP contribution is -1.78. The van der Waals surface area contributed by atoms with E-state index in [0.29, 0.717) is 25.6 Å². The summed E-state index contributed by atoms with van der Waals surface area (Å²) in [6.07, 6.45) is 0. The minimum absolute atomic E-state index is 0.639. The van der Waals surface area contributed by atoms with Crippen LogP contribution in [-0.2, 0) is 0 Å². The van der Waals surface area contributed by atoms with E-state index in [4.69, 9.17) is 4.52 Å². The van der Waals surface area contributed by atoms with E-state index in [2.05, 4.69) is 18.1 Å². The molecule has 0 aliphatic carbocycles. The molecule has 1 unspecified atom stereocenters. The number of benzene rings is 1. The van der Waals surface area contributed by atoms with Gasteiger partial charge in [0.1, 0.15) is 0 Å². The van der Waals surface area contributed by atoms with Crippen LogP contribution in [0.4, 0.5) is 0 Å². The molecule has 0 N–H and O–H groups in total. The zero-order valence-electron chi connectivity index (χ0n) is 8.30. The Morgan fingerprint density at radius 3 is 2.62 bits per heavy atom. The van der Waals surface area contributed by atoms with Gasteiger partial charge in [0.05, 0.1) is 0 Å². The number of nitrogens with zero attached hydrogens (tertiary/aromatic N) is 4. The molecule has 0 bridgehead atoms. The van der Waals surface area contributed by atoms with Gasteiger partial charge in [0.2, 0.25) is 17.0 Å². The third kappa shape index (κ3) is 3.77. The Morgan fingerprint density at radius 2 is 1.81 bits per heavy atom. The smallest absolute Gasteiger partial charge is 0.247 e. The van der Waals surface area contributed by atoms with Gasteiger partial charge in [0, 0.05) is 9.03 Å². The summed E-state index contributed by atoms with van der Waals surface area (Å²) in [5.74, 6) is 0.785. The maximum absolute atomic E-state index is 5.64. The first-order chi connectivity index (χ1) is 7.84. The van der Waals surface area contributed by atoms with Crippen LogP contribution in [0.25, 0.3) is 0 Å². The fourth-order valence-corrected chi connectivity index (χ4v) is 4.20. The fourth-order valence-electron chi connectivity index (χ4n) is 0.906. The zero-order chi connectivity index (χ0) is 11.2. The molecule has 1 heterocycles. The molecule has 5 nitrogen and oxygen atoms in total. The summed E-state index contributed by atoms with van der Waals surface area (Å²) in [5, 5.41) is 0. The highest BCUT2D eigenvalue weighted by Gasteiger charge is 2.16. The Kier molecular flexibility index (Phi) is 4.63. The van der Waals surface area contributed by atoms with E-state index in [1.807, 2.05) is 31.2 Å². The number of aryl methyl sites for hydroxylation is 1. The highest BCUT2D eigenvalue weighted by molar-refractivity contribution is 7.55. The first-order valence-electron chi connectivity index (χ1n) is 4.31. The summed E-state index contributed by atoms with van der Waals surface area (Å²) in [6.45, 7) is 2.04. The van der Waals surface area contributed by atoms with Crippen LogP contribution in [0.1, 0.15) is 5.56 Å². The molecule has 0 radical (unpaired) electrons. The summed E-state index contributed by atoms with van der Waals surface area (Å²) in [7, 11) is 0.796. The van der Waals surface area contributed by atoms with Crippen molar-refractivity contribution in [2.75, 3.05) is 0 Å². The van der Waals surface area contributed by atoms with Crippen molar-refractivity contribution in [3.63, 3.8) is 0 Å². The lowest BCUT2D eigenvalue weighted by atomic mass is 10.2. The summed E-state index contributed by atoms with van der Waals surface area (Å²) >= 11 is 0. The minimum atomic E-state index is -1.17. The molecule has 0 aromatic heterocycles. The van der Waals surface area contributed by atoms with Gasteiger partial charge < -0.3 is 0 Å². The van der Waals surface area contributed by atoms with Gasteiger partial charge in [-0.1, -0.05) is 17.7 Å². The van der Waals surface area contributed by atoms with E-state index in [0.717, 1.165) is 5.75 Å². The molecule has 2 rings (SSSR count). The van der Waals surface area contributed by atoms with Crippen LogP contribution < -0.4 is 4.52 Å². The molecule has 80 valence electrons. The van der Waals surface area contributed by atoms with Crippen molar-refractivity contribution >= 4 is 33.7 Å². The molecule has 0 fully saturated rings. The van der Waals surface area contributed by atoms with Gasteiger partial charge in [-0.15, -0.1) is 0 Å². The van der Waals surface area contributed by atoms with Crippen molar-refractivity contribution in [3.8, 4) is 5.75 Å². The van der Waals surface area contributed by atoms with Crippen LogP contribution in [-0.4, -0.2) is 0 Å². The van der Waals surface area contributed by atoms with E-state index in [1.165, 1.54) is 5.56 Å². The third-order valence-electron chi connectivity index (χ3n) is 1.60. The van der Waals surface area contributed by atoms with Gasteiger partial charge >= 0.3 is 8.09 Å². The molecule has 0 amide bonds. The van der Waals surface area contributed by atoms with Crippen molar-refractivity contribution in [3.05, 3.63) is 29.8 Å². The van der Waals surface area contributed by atoms with Crippen LogP contribution in [0.2, 0.25) is 0 Å². The van der Waals surface area contributed by atoms with E-state index < -0.39 is 8.09 Å². The largest absolute Gasteiger partial charge is 0.600 e. The molecule has 0 spiro atoms. The molecule has 16 heavy (non-hydrogen) atoms. The second kappa shape index (κ2) is 6.23. The minimum Gasteiger partial charge on any atom is -0.247 e. The first-order valence-corrected chi connectivity index (χ1v) is 7.87. The van der Waals surface area contributed by atoms with Crippen LogP contribution in [0, 0.1) is 6.92 Å². The quantitative estimate of drug-likeness (QED) is 0.613. The van der Waals surface area contributed by atoms with Crippen molar-refractivity contribution in [2.45, 2.75) is 6.92 Å². The van der Waals surface area contributed by atoms with Gasteiger partial charge in [-0.2, -0.15) is 9.03 Å². The van der Waals surface area contributed by atoms with E-state index in [1.54, 1.807) is 0 Å². The molecule has 1 aromatic rings. The van der Waals surface area contributed by atoms with Crippen molar-refractivity contribution in [1.29, 1.82) is 0 Å². The fraction of sp³-hybridized carbons (Fsp3) is 0.143. The Hall–Kier alpha value is -0.580. The van der Waals surface area contributed by atoms with Crippen molar-refractivity contribution in [2.24, 2.45) is 18.1 Å². The SMILES string of the molecule is Cc1ccc(O[P+]2=NP=NP=NP=N2)cc1. The lowest BCUT2D eigenvalue weighted by molar-refractivity contribution is 0.624. The molecule has 0 saturated carbocycles. The number of hydrogen-bond acceptors (Lipinski definition) is 5. The Balaban J connectivity index is 2.12. The van der Waals surface area contributed by atoms with Gasteiger partial charge in [0.15, 0.2) is 14.3 Å². The molecular weight excluding hydrogens is 280 g/mol. The maximum Gasteiger partial charge on any atom is 0.600 e. The Bertz CT molecular complexity index is 482. The molecular formula is C7H7N4OP4+. The van der Waals surface area contributed by atoms with E-state index >= 15 is 0 Å². The standard InChI is InChI=1S/C7H7N4OP4/c1-6-2-4-7(5-3-6)12-16-10-14-8-13-9-15-11-16/h2-5H,1H3/q+1. The van der Waals surface area contributed by atoms with Gasteiger partial charge in [-0.05, 0) is 19.1 Å². The van der Waals surface area contributed by atoms with E-state index in [-0.39, 0.29) is 0 Å². The van der Waals surface area contributed by atoms with Crippen LogP contribution in [0.3, 0.4) is 0 Å². The molecule has 1 aliphatic heterocycles. The Morgan fingerprint density at radius 1 is 1.06 bits per heavy atom. The average molecular weight is 287 g/mol. The van der Waals surface area contributed by atoms with Crippen molar-refractivity contribution < 1.29 is 4.52 Å². The van der Waals surface area contributed by atoms with Gasteiger partial charge in [-0.25, -0.2) is 4.52 Å². The summed E-state index contributed by atoms with van der Waals surface area (Å²) in [5.41, 5.74) is 1.20. The average Bonchev–Trinajstić information content (AvgIpc) is 2.25. The van der Waals surface area contributed by atoms with Crippen LogP contribution >= 0.6 is 33.7 Å². The predicted octanol–water partition coefficient (Wildman–Crippen LogP) is 6.02. The number of rotatable bonds is 2. The monoisotopic (exact) mass is 287 g/mol. The Labute approximate surface area is 99.1 Å². The summed E-state index contributed by atoms with van der Waals surface area (Å²) < 4.78 is 22.1. The highest BCUT2D eigenvalue weighted by Crippen LogP contribution is 2.40. The van der Waals surface area contributed by atoms with Crippen LogP contribution in [0.15, 0.2) is 42.3 Å².